The maximum atomic E-state index is 13.1. The Hall–Kier alpha value is -4.22. The Balaban J connectivity index is 1.71. The fourth-order valence-electron chi connectivity index (χ4n) is 3.31. The molecule has 218 valence electrons. The molecule has 0 aromatic heterocycles. The van der Waals surface area contributed by atoms with Crippen molar-refractivity contribution < 1.29 is 46.7 Å². The second-order valence-corrected chi connectivity index (χ2v) is 10.1. The molecule has 0 aliphatic heterocycles. The number of hydrogen-bond donors (Lipinski definition) is 2. The number of nitrogens with one attached hydrogen (secondary N) is 2. The fourth-order valence-corrected chi connectivity index (χ4v) is 4.26. The van der Waals surface area contributed by atoms with Crippen molar-refractivity contribution in [1.82, 2.24) is 5.32 Å². The van der Waals surface area contributed by atoms with Gasteiger partial charge in [0.1, 0.15) is 5.75 Å². The number of para-hydroxylation sites is 3. The van der Waals surface area contributed by atoms with Crippen LogP contribution in [0.3, 0.4) is 0 Å². The van der Waals surface area contributed by atoms with Gasteiger partial charge in [-0.2, -0.15) is 0 Å². The highest BCUT2D eigenvalue weighted by atomic mass is 31.2. The van der Waals surface area contributed by atoms with Gasteiger partial charge in [0.2, 0.25) is 13.6 Å². The third-order valence-electron chi connectivity index (χ3n) is 5.15. The molecule has 2 amide bonds. The third-order valence-corrected chi connectivity index (χ3v) is 6.45. The van der Waals surface area contributed by atoms with Gasteiger partial charge in [0.25, 0.3) is 0 Å². The van der Waals surface area contributed by atoms with Crippen LogP contribution in [0.4, 0.5) is 10.5 Å². The Labute approximate surface area is 237 Å². The lowest BCUT2D eigenvalue weighted by atomic mass is 10.1. The maximum absolute atomic E-state index is 13.1. The van der Waals surface area contributed by atoms with Gasteiger partial charge in [0, 0.05) is 13.8 Å². The summed E-state index contributed by atoms with van der Waals surface area (Å²) in [7, 11) is -4.39. The molecule has 0 spiro atoms. The summed E-state index contributed by atoms with van der Waals surface area (Å²) in [6, 6.07) is 23.9. The predicted molar refractivity (Wildman–Crippen MR) is 148 cm³/mol. The van der Waals surface area contributed by atoms with Crippen LogP contribution >= 0.6 is 7.82 Å². The Morgan fingerprint density at radius 2 is 1.32 bits per heavy atom. The summed E-state index contributed by atoms with van der Waals surface area (Å²) in [5.74, 6) is -0.357. The molecule has 13 heteroatoms. The first kappa shape index (κ1) is 31.3. The number of amides is 2. The molecule has 0 saturated heterocycles. The lowest BCUT2D eigenvalue weighted by Gasteiger charge is -2.23. The standard InChI is InChI=1S/C28H31N2O10P/c1-21(31)35-19-38-41(34,39-20-36-22(2)32)37-18-24(17-23-11-5-3-6-12-23)29-28(33)30-26-15-9-10-16-27(26)40-25-13-7-4-8-14-25/h3-16,24H,17-20H2,1-2H3,(H2,29,30,33)/t24-/m1/s1. The molecular formula is C28H31N2O10P. The van der Waals surface area contributed by atoms with Gasteiger partial charge >= 0.3 is 25.8 Å². The van der Waals surface area contributed by atoms with Crippen LogP contribution in [-0.2, 0) is 43.6 Å². The van der Waals surface area contributed by atoms with Gasteiger partial charge in [-0.25, -0.2) is 18.4 Å². The van der Waals surface area contributed by atoms with E-state index in [1.807, 2.05) is 48.5 Å². The minimum atomic E-state index is -4.39. The van der Waals surface area contributed by atoms with Gasteiger partial charge < -0.3 is 24.8 Å². The first-order valence-corrected chi connectivity index (χ1v) is 13.9. The normalized spacial score (nSPS) is 11.7. The van der Waals surface area contributed by atoms with E-state index in [-0.39, 0.29) is 13.0 Å². The molecule has 1 atom stereocenters. The molecule has 0 fully saturated rings. The average Bonchev–Trinajstić information content (AvgIpc) is 2.94. The summed E-state index contributed by atoms with van der Waals surface area (Å²) >= 11 is 0. The van der Waals surface area contributed by atoms with E-state index in [0.29, 0.717) is 17.2 Å². The summed E-state index contributed by atoms with van der Waals surface area (Å²) in [6.07, 6.45) is 0.282. The first-order chi connectivity index (χ1) is 19.7. The molecule has 0 unspecified atom stereocenters. The Morgan fingerprint density at radius 3 is 1.93 bits per heavy atom. The van der Waals surface area contributed by atoms with Gasteiger partial charge in [0.05, 0.1) is 18.3 Å². The number of ether oxygens (including phenoxy) is 3. The van der Waals surface area contributed by atoms with Gasteiger partial charge in [-0.1, -0.05) is 60.7 Å². The third kappa shape index (κ3) is 11.8. The lowest BCUT2D eigenvalue weighted by molar-refractivity contribution is -0.151. The van der Waals surface area contributed by atoms with Crippen LogP contribution < -0.4 is 15.4 Å². The molecule has 12 nitrogen and oxygen atoms in total. The average molecular weight is 587 g/mol. The van der Waals surface area contributed by atoms with E-state index in [4.69, 9.17) is 18.3 Å². The molecular weight excluding hydrogens is 555 g/mol. The highest BCUT2D eigenvalue weighted by Crippen LogP contribution is 2.49. The zero-order valence-corrected chi connectivity index (χ0v) is 23.4. The minimum Gasteiger partial charge on any atom is -0.455 e. The number of urea groups is 1. The van der Waals surface area contributed by atoms with Crippen molar-refractivity contribution in [1.29, 1.82) is 0 Å². The molecule has 3 rings (SSSR count). The Kier molecular flexibility index (Phi) is 12.3. The first-order valence-electron chi connectivity index (χ1n) is 12.5. The van der Waals surface area contributed by atoms with Crippen molar-refractivity contribution >= 4 is 31.5 Å². The number of carbonyl (C=O) groups is 3. The molecule has 0 bridgehead atoms. The van der Waals surface area contributed by atoms with Crippen LogP contribution in [0.1, 0.15) is 19.4 Å². The van der Waals surface area contributed by atoms with Crippen LogP contribution in [-0.4, -0.2) is 44.2 Å². The topological polar surface area (TPSA) is 148 Å². The van der Waals surface area contributed by atoms with Crippen molar-refractivity contribution in [2.24, 2.45) is 0 Å². The van der Waals surface area contributed by atoms with Crippen molar-refractivity contribution in [2.75, 3.05) is 25.5 Å². The second-order valence-electron chi connectivity index (χ2n) is 8.41. The Morgan fingerprint density at radius 1 is 0.756 bits per heavy atom. The molecule has 0 radical (unpaired) electrons. The predicted octanol–water partition coefficient (Wildman–Crippen LogP) is 5.41. The smallest absolute Gasteiger partial charge is 0.455 e. The van der Waals surface area contributed by atoms with E-state index in [9.17, 15) is 18.9 Å². The van der Waals surface area contributed by atoms with Crippen LogP contribution in [0, 0.1) is 0 Å². The zero-order valence-electron chi connectivity index (χ0n) is 22.5. The van der Waals surface area contributed by atoms with Crippen molar-refractivity contribution in [2.45, 2.75) is 26.3 Å². The minimum absolute atomic E-state index is 0.282. The maximum Gasteiger partial charge on any atom is 0.480 e. The van der Waals surface area contributed by atoms with Gasteiger partial charge in [-0.05, 0) is 36.2 Å². The zero-order chi connectivity index (χ0) is 29.5. The summed E-state index contributed by atoms with van der Waals surface area (Å²) in [5.41, 5.74) is 1.26. The van der Waals surface area contributed by atoms with Crippen molar-refractivity contribution in [3.05, 3.63) is 90.5 Å². The van der Waals surface area contributed by atoms with E-state index in [2.05, 4.69) is 20.1 Å². The molecule has 3 aromatic carbocycles. The highest BCUT2D eigenvalue weighted by Gasteiger charge is 2.30. The number of phosphoric acid groups is 1. The van der Waals surface area contributed by atoms with E-state index >= 15 is 0 Å². The summed E-state index contributed by atoms with van der Waals surface area (Å²) in [4.78, 5) is 35.2. The van der Waals surface area contributed by atoms with Crippen LogP contribution in [0.15, 0.2) is 84.9 Å². The quantitative estimate of drug-likeness (QED) is 0.135. The molecule has 0 aliphatic rings. The number of rotatable bonds is 15. The summed E-state index contributed by atoms with van der Waals surface area (Å²) in [6.45, 7) is 0.457. The van der Waals surface area contributed by atoms with Gasteiger partial charge in [-0.15, -0.1) is 0 Å². The Bertz CT molecular complexity index is 1300. The molecule has 2 N–H and O–H groups in total. The van der Waals surface area contributed by atoms with Crippen molar-refractivity contribution in [3.63, 3.8) is 0 Å². The molecule has 0 aliphatic carbocycles. The number of hydrogen-bond acceptors (Lipinski definition) is 10. The lowest BCUT2D eigenvalue weighted by Crippen LogP contribution is -2.42. The molecule has 41 heavy (non-hydrogen) atoms. The number of carbonyl (C=O) groups excluding carboxylic acids is 3. The second kappa shape index (κ2) is 16.1. The highest BCUT2D eigenvalue weighted by molar-refractivity contribution is 7.48. The van der Waals surface area contributed by atoms with Crippen molar-refractivity contribution in [3.8, 4) is 11.5 Å². The number of esters is 2. The van der Waals surface area contributed by atoms with E-state index in [1.54, 1.807) is 36.4 Å². The summed E-state index contributed by atoms with van der Waals surface area (Å²) in [5, 5.41) is 5.55. The molecule has 0 saturated carbocycles. The van der Waals surface area contributed by atoms with E-state index < -0.39 is 45.4 Å². The van der Waals surface area contributed by atoms with Crippen LogP contribution in [0.2, 0.25) is 0 Å². The molecule has 0 heterocycles. The van der Waals surface area contributed by atoms with Crippen LogP contribution in [0.5, 0.6) is 11.5 Å². The van der Waals surface area contributed by atoms with Gasteiger partial charge in [-0.3, -0.25) is 14.1 Å². The number of benzene rings is 3. The fraction of sp³-hybridized carbons (Fsp3) is 0.250. The SMILES string of the molecule is CC(=O)OCOP(=O)(OCOC(C)=O)OC[C@@H](Cc1ccccc1)NC(=O)Nc1ccccc1Oc1ccccc1. The molecule has 3 aromatic rings. The van der Waals surface area contributed by atoms with E-state index in [1.165, 1.54) is 0 Å². The monoisotopic (exact) mass is 586 g/mol. The number of anilines is 1. The largest absolute Gasteiger partial charge is 0.480 e. The van der Waals surface area contributed by atoms with Crippen LogP contribution in [0.25, 0.3) is 0 Å². The number of phosphoric ester groups is 1. The van der Waals surface area contributed by atoms with E-state index in [0.717, 1.165) is 19.4 Å². The van der Waals surface area contributed by atoms with Gasteiger partial charge in [0.15, 0.2) is 5.75 Å². The summed E-state index contributed by atoms with van der Waals surface area (Å²) < 4.78 is 43.9.